The largest absolute Gasteiger partial charge is 0.505 e. The van der Waals surface area contributed by atoms with E-state index in [-0.39, 0.29) is 0 Å². The molecule has 158 valence electrons. The van der Waals surface area contributed by atoms with Crippen molar-refractivity contribution < 1.29 is 19.0 Å². The van der Waals surface area contributed by atoms with Crippen LogP contribution in [-0.2, 0) is 4.74 Å². The fourth-order valence-corrected chi connectivity index (χ4v) is 2.70. The average molecular weight is 413 g/mol. The number of hydrazine groups is 1. The maximum Gasteiger partial charge on any atom is 0.166 e. The first-order valence-corrected chi connectivity index (χ1v) is 9.29. The second-order valence-corrected chi connectivity index (χ2v) is 6.43. The Labute approximate surface area is 173 Å². The van der Waals surface area contributed by atoms with Crippen LogP contribution in [-0.4, -0.2) is 36.5 Å². The molecule has 0 radical (unpaired) electrons. The maximum atomic E-state index is 13.5. The monoisotopic (exact) mass is 413 g/mol. The predicted molar refractivity (Wildman–Crippen MR) is 114 cm³/mol. The van der Waals surface area contributed by atoms with Crippen LogP contribution in [0, 0.1) is 5.82 Å². The Morgan fingerprint density at radius 2 is 1.93 bits per heavy atom. The lowest BCUT2D eigenvalue weighted by Crippen LogP contribution is -2.25. The van der Waals surface area contributed by atoms with Crippen molar-refractivity contribution in [2.75, 3.05) is 31.4 Å². The van der Waals surface area contributed by atoms with Gasteiger partial charge in [0.15, 0.2) is 11.6 Å². The number of fused-ring (bicyclic) bond motifs is 1. The van der Waals surface area contributed by atoms with Crippen LogP contribution in [0.2, 0.25) is 0 Å². The molecule has 0 atom stereocenters. The number of aromatic nitrogens is 1. The van der Waals surface area contributed by atoms with Gasteiger partial charge in [-0.05, 0) is 36.4 Å². The summed E-state index contributed by atoms with van der Waals surface area (Å²) in [6.07, 6.45) is 1.43. The Kier molecular flexibility index (Phi) is 7.02. The average Bonchev–Trinajstić information content (AvgIpc) is 2.75. The van der Waals surface area contributed by atoms with Crippen molar-refractivity contribution >= 4 is 22.3 Å². The highest BCUT2D eigenvalue weighted by Gasteiger charge is 2.08. The lowest BCUT2D eigenvalue weighted by Gasteiger charge is -2.15. The molecule has 9 heteroatoms. The number of benzene rings is 2. The van der Waals surface area contributed by atoms with Crippen molar-refractivity contribution in [2.45, 2.75) is 0 Å². The van der Waals surface area contributed by atoms with E-state index in [1.807, 2.05) is 24.3 Å². The van der Waals surface area contributed by atoms with Crippen LogP contribution in [0.1, 0.15) is 5.69 Å². The van der Waals surface area contributed by atoms with Crippen LogP contribution >= 0.6 is 0 Å². The summed E-state index contributed by atoms with van der Waals surface area (Å²) in [7, 11) is 0. The highest BCUT2D eigenvalue weighted by atomic mass is 19.1. The van der Waals surface area contributed by atoms with Crippen LogP contribution in [0.25, 0.3) is 16.6 Å². The molecule has 30 heavy (non-hydrogen) atoms. The predicted octanol–water partition coefficient (Wildman–Crippen LogP) is 2.07. The SMILES string of the molecule is NCCOCCOc1ccc2nc(/C(N)=C/N(N)c3ccc(O)c(F)c3)ccc2c1. The summed E-state index contributed by atoms with van der Waals surface area (Å²) >= 11 is 0. The molecule has 0 aliphatic carbocycles. The van der Waals surface area contributed by atoms with Crippen molar-refractivity contribution in [1.82, 2.24) is 4.98 Å². The number of halogens is 1. The second kappa shape index (κ2) is 9.88. The summed E-state index contributed by atoms with van der Waals surface area (Å²) in [5, 5.41) is 11.3. The summed E-state index contributed by atoms with van der Waals surface area (Å²) < 4.78 is 24.5. The van der Waals surface area contributed by atoms with Crippen molar-refractivity contribution in [3.63, 3.8) is 0 Å². The van der Waals surface area contributed by atoms with Gasteiger partial charge in [-0.2, -0.15) is 0 Å². The maximum absolute atomic E-state index is 13.5. The van der Waals surface area contributed by atoms with Crippen LogP contribution in [0.5, 0.6) is 11.5 Å². The van der Waals surface area contributed by atoms with E-state index in [1.54, 1.807) is 6.07 Å². The fraction of sp³-hybridized carbons (Fsp3) is 0.190. The zero-order valence-electron chi connectivity index (χ0n) is 16.3. The molecule has 3 aromatic rings. The first-order valence-electron chi connectivity index (χ1n) is 9.29. The number of aromatic hydroxyl groups is 1. The van der Waals surface area contributed by atoms with E-state index in [9.17, 15) is 9.50 Å². The van der Waals surface area contributed by atoms with Crippen molar-refractivity contribution in [3.8, 4) is 11.5 Å². The summed E-state index contributed by atoms with van der Waals surface area (Å²) in [5.74, 6) is 5.41. The van der Waals surface area contributed by atoms with Crippen LogP contribution in [0.15, 0.2) is 54.7 Å². The number of nitrogens with zero attached hydrogens (tertiary/aromatic N) is 2. The van der Waals surface area contributed by atoms with Gasteiger partial charge >= 0.3 is 0 Å². The number of hydrogen-bond donors (Lipinski definition) is 4. The third-order valence-corrected chi connectivity index (χ3v) is 4.22. The molecule has 0 aliphatic heterocycles. The molecule has 1 aromatic heterocycles. The Morgan fingerprint density at radius 3 is 2.70 bits per heavy atom. The van der Waals surface area contributed by atoms with Gasteiger partial charge in [-0.3, -0.25) is 5.01 Å². The zero-order valence-corrected chi connectivity index (χ0v) is 16.3. The number of ether oxygens (including phenoxy) is 2. The molecule has 0 saturated carbocycles. The van der Waals surface area contributed by atoms with E-state index < -0.39 is 11.6 Å². The van der Waals surface area contributed by atoms with Crippen LogP contribution in [0.3, 0.4) is 0 Å². The molecule has 0 amide bonds. The Hall–Kier alpha value is -3.40. The number of phenols is 1. The number of hydrogen-bond acceptors (Lipinski definition) is 8. The number of phenolic OH excluding ortho intramolecular Hbond substituents is 1. The molecule has 7 N–H and O–H groups in total. The molecule has 0 aliphatic rings. The van der Waals surface area contributed by atoms with E-state index in [1.165, 1.54) is 18.3 Å². The number of anilines is 1. The molecular weight excluding hydrogens is 389 g/mol. The first kappa shape index (κ1) is 21.3. The molecular formula is C21H24FN5O3. The van der Waals surface area contributed by atoms with Gasteiger partial charge in [0.1, 0.15) is 12.4 Å². The smallest absolute Gasteiger partial charge is 0.166 e. The summed E-state index contributed by atoms with van der Waals surface area (Å²) in [4.78, 5) is 4.53. The van der Waals surface area contributed by atoms with E-state index in [0.29, 0.717) is 49.2 Å². The standard InChI is InChI=1S/C21H24FN5O3/c22-17-12-15(2-6-21(17)28)27(25)13-18(24)20-4-1-14-11-16(3-5-19(14)26-20)30-10-9-29-8-7-23/h1-6,11-13,28H,7-10,23-25H2/b18-13-. The van der Waals surface area contributed by atoms with E-state index in [4.69, 9.17) is 26.8 Å². The van der Waals surface area contributed by atoms with Crippen LogP contribution < -0.4 is 27.1 Å². The van der Waals surface area contributed by atoms with Gasteiger partial charge in [0.25, 0.3) is 0 Å². The highest BCUT2D eigenvalue weighted by molar-refractivity contribution is 5.82. The fourth-order valence-electron chi connectivity index (χ4n) is 2.70. The molecule has 0 spiro atoms. The van der Waals surface area contributed by atoms with Crippen molar-refractivity contribution in [1.29, 1.82) is 0 Å². The first-order chi connectivity index (χ1) is 14.5. The molecule has 0 fully saturated rings. The summed E-state index contributed by atoms with van der Waals surface area (Å²) in [6.45, 7) is 1.88. The summed E-state index contributed by atoms with van der Waals surface area (Å²) in [5.41, 5.74) is 13.3. The Balaban J connectivity index is 1.71. The lowest BCUT2D eigenvalue weighted by molar-refractivity contribution is 0.106. The lowest BCUT2D eigenvalue weighted by atomic mass is 10.1. The highest BCUT2D eigenvalue weighted by Crippen LogP contribution is 2.23. The molecule has 0 bridgehead atoms. The number of pyridine rings is 1. The number of nitrogens with two attached hydrogens (primary N) is 3. The molecule has 0 unspecified atom stereocenters. The van der Waals surface area contributed by atoms with E-state index in [0.717, 1.165) is 22.0 Å². The minimum atomic E-state index is -0.775. The van der Waals surface area contributed by atoms with Gasteiger partial charge in [-0.25, -0.2) is 15.2 Å². The summed E-state index contributed by atoms with van der Waals surface area (Å²) in [6, 6.07) is 12.9. The van der Waals surface area contributed by atoms with E-state index >= 15 is 0 Å². The van der Waals surface area contributed by atoms with Gasteiger partial charge in [0.05, 0.1) is 35.8 Å². The van der Waals surface area contributed by atoms with E-state index in [2.05, 4.69) is 4.98 Å². The van der Waals surface area contributed by atoms with Crippen LogP contribution in [0.4, 0.5) is 10.1 Å². The van der Waals surface area contributed by atoms with Gasteiger partial charge in [0.2, 0.25) is 0 Å². The molecule has 8 nitrogen and oxygen atoms in total. The van der Waals surface area contributed by atoms with Crippen molar-refractivity contribution in [2.24, 2.45) is 17.3 Å². The second-order valence-electron chi connectivity index (χ2n) is 6.43. The minimum Gasteiger partial charge on any atom is -0.505 e. The van der Waals surface area contributed by atoms with Gasteiger partial charge in [0, 0.05) is 24.2 Å². The van der Waals surface area contributed by atoms with Gasteiger partial charge in [-0.1, -0.05) is 6.07 Å². The van der Waals surface area contributed by atoms with Gasteiger partial charge < -0.3 is 26.0 Å². The third-order valence-electron chi connectivity index (χ3n) is 4.22. The molecule has 0 saturated heterocycles. The minimum absolute atomic E-state index is 0.297. The topological polar surface area (TPSA) is 133 Å². The molecule has 1 heterocycles. The molecule has 3 rings (SSSR count). The quantitative estimate of drug-likeness (QED) is 0.238. The zero-order chi connectivity index (χ0) is 21.5. The Bertz CT molecular complexity index is 1040. The number of rotatable bonds is 9. The normalized spacial score (nSPS) is 11.6. The Morgan fingerprint density at radius 1 is 1.10 bits per heavy atom. The molecule has 2 aromatic carbocycles. The van der Waals surface area contributed by atoms with Crippen molar-refractivity contribution in [3.05, 3.63) is 66.2 Å². The third kappa shape index (κ3) is 5.35. The van der Waals surface area contributed by atoms with Gasteiger partial charge in [-0.15, -0.1) is 0 Å².